The van der Waals surface area contributed by atoms with E-state index in [4.69, 9.17) is 9.84 Å². The Kier molecular flexibility index (Phi) is 5.50. The van der Waals surface area contributed by atoms with Gasteiger partial charge in [-0.3, -0.25) is 14.3 Å². The molecule has 1 aliphatic heterocycles. The number of hydrogen-bond donors (Lipinski definition) is 4. The average molecular weight is 310 g/mol. The Labute approximate surface area is 138 Å². The molecule has 11 heteroatoms. The van der Waals surface area contributed by atoms with Gasteiger partial charge in [-0.15, -0.1) is 0 Å². The van der Waals surface area contributed by atoms with Crippen molar-refractivity contribution in [2.45, 2.75) is 24.0 Å². The van der Waals surface area contributed by atoms with Crippen molar-refractivity contribution in [3.8, 4) is 0 Å². The fourth-order valence-corrected chi connectivity index (χ4v) is 2.10. The topological polar surface area (TPSA) is 165 Å². The zero-order valence-electron chi connectivity index (χ0n) is 10.9. The summed E-state index contributed by atoms with van der Waals surface area (Å²) in [6.45, 7) is -0.786. The van der Waals surface area contributed by atoms with Gasteiger partial charge in [-0.05, 0) is 0 Å². The smallest absolute Gasteiger partial charge is 0.545 e. The van der Waals surface area contributed by atoms with Crippen molar-refractivity contribution in [1.82, 2.24) is 9.55 Å². The maximum absolute atomic E-state index is 11.7. The van der Waals surface area contributed by atoms with Gasteiger partial charge in [-0.25, -0.2) is 4.79 Å². The van der Waals surface area contributed by atoms with E-state index in [2.05, 4.69) is 0 Å². The minimum absolute atomic E-state index is 0. The molecular formula is C10H11N2NaO8. The molecule has 2 heterocycles. The monoisotopic (exact) mass is 310 g/mol. The first-order valence-electron chi connectivity index (χ1n) is 5.53. The summed E-state index contributed by atoms with van der Waals surface area (Å²) in [5.41, 5.74) is -4.70. The number of aromatic nitrogens is 2. The number of H-pyrrole nitrogens is 1. The van der Waals surface area contributed by atoms with Crippen molar-refractivity contribution in [2.24, 2.45) is 0 Å². The van der Waals surface area contributed by atoms with E-state index < -0.39 is 47.9 Å². The molecular weight excluding hydrogens is 299 g/mol. The minimum Gasteiger partial charge on any atom is -0.545 e. The van der Waals surface area contributed by atoms with Gasteiger partial charge in [0.2, 0.25) is 5.72 Å². The molecule has 1 fully saturated rings. The summed E-state index contributed by atoms with van der Waals surface area (Å²) in [6.07, 6.45) is -4.47. The fourth-order valence-electron chi connectivity index (χ4n) is 2.10. The van der Waals surface area contributed by atoms with E-state index in [-0.39, 0.29) is 29.6 Å². The number of carbonyl (C=O) groups excluding carboxylic acids is 1. The van der Waals surface area contributed by atoms with Crippen molar-refractivity contribution in [3.05, 3.63) is 33.1 Å². The summed E-state index contributed by atoms with van der Waals surface area (Å²) in [6, 6.07) is 0.834. The van der Waals surface area contributed by atoms with Gasteiger partial charge in [0.25, 0.3) is 5.56 Å². The number of carboxylic acids is 1. The van der Waals surface area contributed by atoms with Crippen LogP contribution in [0.25, 0.3) is 0 Å². The van der Waals surface area contributed by atoms with E-state index in [0.717, 1.165) is 12.3 Å². The maximum Gasteiger partial charge on any atom is 1.00 e. The molecule has 1 aromatic heterocycles. The van der Waals surface area contributed by atoms with Gasteiger partial charge in [0.1, 0.15) is 18.3 Å². The van der Waals surface area contributed by atoms with Crippen LogP contribution in [-0.2, 0) is 15.3 Å². The van der Waals surface area contributed by atoms with Crippen molar-refractivity contribution < 1.29 is 59.5 Å². The Hall–Kier alpha value is -1.01. The number of nitrogens with one attached hydrogen (secondary N) is 1. The molecule has 4 atom stereocenters. The molecule has 4 N–H and O–H groups in total. The Balaban J connectivity index is 0.00000220. The number of rotatable bonds is 3. The number of ether oxygens (including phenoxy) is 1. The van der Waals surface area contributed by atoms with E-state index in [1.54, 1.807) is 4.98 Å². The first-order valence-corrected chi connectivity index (χ1v) is 5.53. The number of aliphatic carboxylic acids is 1. The number of carboxylic acid groups (broad SMARTS) is 1. The van der Waals surface area contributed by atoms with Crippen LogP contribution in [-0.4, -0.2) is 55.8 Å². The van der Waals surface area contributed by atoms with Crippen LogP contribution in [0.5, 0.6) is 0 Å². The number of carbonyl (C=O) groups is 1. The molecule has 0 saturated carbocycles. The Morgan fingerprint density at radius 3 is 2.52 bits per heavy atom. The first-order chi connectivity index (χ1) is 9.34. The molecule has 2 rings (SSSR count). The quantitative estimate of drug-likeness (QED) is 0.400. The number of aromatic amines is 1. The number of aliphatic hydroxyl groups is 3. The second-order valence-corrected chi connectivity index (χ2v) is 4.24. The molecule has 1 aliphatic rings. The van der Waals surface area contributed by atoms with Crippen molar-refractivity contribution in [3.63, 3.8) is 0 Å². The van der Waals surface area contributed by atoms with Gasteiger partial charge in [0.05, 0.1) is 12.6 Å². The van der Waals surface area contributed by atoms with Gasteiger partial charge in [-0.1, -0.05) is 0 Å². The van der Waals surface area contributed by atoms with E-state index >= 15 is 0 Å². The average Bonchev–Trinajstić information content (AvgIpc) is 2.64. The van der Waals surface area contributed by atoms with Crippen molar-refractivity contribution in [1.29, 1.82) is 0 Å². The molecule has 0 unspecified atom stereocenters. The minimum atomic E-state index is -2.74. The molecule has 0 spiro atoms. The molecule has 0 aromatic carbocycles. The zero-order chi connectivity index (χ0) is 15.1. The molecule has 10 nitrogen and oxygen atoms in total. The van der Waals surface area contributed by atoms with Crippen molar-refractivity contribution in [2.75, 3.05) is 6.61 Å². The summed E-state index contributed by atoms with van der Waals surface area (Å²) in [4.78, 5) is 35.8. The third-order valence-electron chi connectivity index (χ3n) is 3.09. The van der Waals surface area contributed by atoms with E-state index in [9.17, 15) is 29.7 Å². The first kappa shape index (κ1) is 18.0. The van der Waals surface area contributed by atoms with E-state index in [1.165, 1.54) is 0 Å². The summed E-state index contributed by atoms with van der Waals surface area (Å²) in [5, 5.41) is 39.8. The molecule has 1 aromatic rings. The molecule has 110 valence electrons. The summed E-state index contributed by atoms with van der Waals surface area (Å²) in [5.74, 6) is -2.01. The van der Waals surface area contributed by atoms with Crippen molar-refractivity contribution >= 4 is 5.97 Å². The van der Waals surface area contributed by atoms with Crippen LogP contribution < -0.4 is 45.9 Å². The fraction of sp³-hybridized carbons (Fsp3) is 0.500. The predicted octanol–water partition coefficient (Wildman–Crippen LogP) is -7.94. The number of nitrogens with zero attached hydrogens (tertiary/aromatic N) is 1. The molecule has 0 bridgehead atoms. The van der Waals surface area contributed by atoms with Gasteiger partial charge in [-0.2, -0.15) is 0 Å². The van der Waals surface area contributed by atoms with Gasteiger partial charge >= 0.3 is 35.2 Å². The third kappa shape index (κ3) is 2.71. The summed E-state index contributed by atoms with van der Waals surface area (Å²) < 4.78 is 5.30. The van der Waals surface area contributed by atoms with Gasteiger partial charge in [0, 0.05) is 12.3 Å². The zero-order valence-corrected chi connectivity index (χ0v) is 12.9. The SMILES string of the molecule is O=C([O-])[C@@]1(n2ccc(=O)[nH]c2=O)O[C@H](CO)[C@@H](O)[C@H]1O.[Na+]. The van der Waals surface area contributed by atoms with E-state index in [1.807, 2.05) is 0 Å². The van der Waals surface area contributed by atoms with E-state index in [0.29, 0.717) is 4.57 Å². The maximum atomic E-state index is 11.7. The Morgan fingerprint density at radius 1 is 1.48 bits per heavy atom. The van der Waals surface area contributed by atoms with Crippen LogP contribution in [0.2, 0.25) is 0 Å². The number of hydrogen-bond acceptors (Lipinski definition) is 8. The Bertz CT molecular complexity index is 642. The van der Waals surface area contributed by atoms with Crippen LogP contribution in [0.3, 0.4) is 0 Å². The second kappa shape index (κ2) is 6.40. The molecule has 0 aliphatic carbocycles. The van der Waals surface area contributed by atoms with Gasteiger partial charge < -0.3 is 30.0 Å². The van der Waals surface area contributed by atoms with Crippen LogP contribution in [0.1, 0.15) is 0 Å². The normalized spacial score (nSPS) is 31.7. The van der Waals surface area contributed by atoms with Crippen LogP contribution >= 0.6 is 0 Å². The standard InChI is InChI=1S/C10H12N2O8.Na/c13-3-4-6(15)7(16)10(20-4,8(17)18)12-2-1-5(14)11-9(12)19;/h1-2,4,6-7,13,15-16H,3H2,(H,17,18)(H,11,14,19);/q;+1/p-1/t4-,6-,7-,10+;/m1./s1. The summed E-state index contributed by atoms with van der Waals surface area (Å²) >= 11 is 0. The Morgan fingerprint density at radius 2 is 2.10 bits per heavy atom. The largest absolute Gasteiger partial charge is 1.00 e. The molecule has 1 saturated heterocycles. The number of aliphatic hydroxyl groups excluding tert-OH is 3. The molecule has 21 heavy (non-hydrogen) atoms. The van der Waals surface area contributed by atoms with Gasteiger partial charge in [0.15, 0.2) is 0 Å². The molecule has 0 amide bonds. The summed E-state index contributed by atoms with van der Waals surface area (Å²) in [7, 11) is 0. The van der Waals surface area contributed by atoms with Crippen LogP contribution in [0.15, 0.2) is 21.9 Å². The predicted molar refractivity (Wildman–Crippen MR) is 58.3 cm³/mol. The van der Waals surface area contributed by atoms with Crippen LogP contribution in [0, 0.1) is 0 Å². The second-order valence-electron chi connectivity index (χ2n) is 4.24. The third-order valence-corrected chi connectivity index (χ3v) is 3.09. The van der Waals surface area contributed by atoms with Crippen LogP contribution in [0.4, 0.5) is 0 Å². The molecule has 0 radical (unpaired) electrons.